The lowest BCUT2D eigenvalue weighted by Gasteiger charge is -2.02. The number of benzene rings is 1. The Bertz CT molecular complexity index is 407. The molecule has 0 radical (unpaired) electrons. The van der Waals surface area contributed by atoms with Gasteiger partial charge in [0.1, 0.15) is 7.47 Å². The van der Waals surface area contributed by atoms with Gasteiger partial charge in [0.2, 0.25) is 0 Å². The Labute approximate surface area is 91.6 Å². The Morgan fingerprint density at radius 3 is 3.13 bits per heavy atom. The fourth-order valence-corrected chi connectivity index (χ4v) is 1.42. The van der Waals surface area contributed by atoms with E-state index in [9.17, 15) is 0 Å². The van der Waals surface area contributed by atoms with Gasteiger partial charge in [0.05, 0.1) is 13.2 Å². The molecule has 2 atom stereocenters. The van der Waals surface area contributed by atoms with Crippen molar-refractivity contribution in [2.24, 2.45) is 0 Å². The van der Waals surface area contributed by atoms with Crippen molar-refractivity contribution in [1.82, 2.24) is 0 Å². The van der Waals surface area contributed by atoms with Crippen molar-refractivity contribution in [2.75, 3.05) is 6.61 Å². The fourth-order valence-electron chi connectivity index (χ4n) is 1.42. The second-order valence-electron chi connectivity index (χ2n) is 3.84. The van der Waals surface area contributed by atoms with E-state index in [0.717, 1.165) is 5.56 Å². The van der Waals surface area contributed by atoms with E-state index < -0.39 is 5.60 Å². The number of hydrogen-bond acceptors (Lipinski definition) is 2. The molecule has 0 amide bonds. The predicted molar refractivity (Wildman–Crippen MR) is 58.2 cm³/mol. The highest BCUT2D eigenvalue weighted by atomic mass is 16.6. The van der Waals surface area contributed by atoms with Crippen LogP contribution in [-0.2, 0) is 16.1 Å². The van der Waals surface area contributed by atoms with Crippen LogP contribution in [0.2, 0.25) is 0 Å². The molecule has 2 rings (SSSR count). The van der Waals surface area contributed by atoms with Gasteiger partial charge in [0, 0.05) is 0 Å². The normalized spacial score (nSPS) is 28.9. The maximum atomic E-state index is 6.82. The Kier molecular flexibility index (Phi) is 2.42. The molecule has 15 heavy (non-hydrogen) atoms. The van der Waals surface area contributed by atoms with Gasteiger partial charge in [-0.05, 0) is 12.5 Å². The Morgan fingerprint density at radius 1 is 1.60 bits per heavy atom. The number of terminal acetylenes is 1. The molecule has 78 valence electrons. The molecule has 1 aliphatic heterocycles. The standard InChI is InChI=1S/C13H14O2/c1-3-13(2)12(15-13)10-14-9-11-7-5-4-6-8-11/h1,4-8,12H,9-10H2,2H3/t12-,13-/m1/s1/i1D. The van der Waals surface area contributed by atoms with Crippen LogP contribution in [0.15, 0.2) is 30.3 Å². The van der Waals surface area contributed by atoms with Crippen LogP contribution in [0.5, 0.6) is 0 Å². The van der Waals surface area contributed by atoms with Crippen LogP contribution >= 0.6 is 0 Å². The maximum absolute atomic E-state index is 6.82. The van der Waals surface area contributed by atoms with E-state index in [1.165, 1.54) is 0 Å². The van der Waals surface area contributed by atoms with E-state index >= 15 is 0 Å². The summed E-state index contributed by atoms with van der Waals surface area (Å²) >= 11 is 0. The molecule has 1 aromatic carbocycles. The van der Waals surface area contributed by atoms with E-state index in [2.05, 4.69) is 12.3 Å². The van der Waals surface area contributed by atoms with Crippen LogP contribution in [0.25, 0.3) is 0 Å². The highest BCUT2D eigenvalue weighted by molar-refractivity contribution is 5.20. The lowest BCUT2D eigenvalue weighted by Crippen LogP contribution is -2.11. The summed E-state index contributed by atoms with van der Waals surface area (Å²) in [6.07, 6.45) is 2.14. The molecule has 0 N–H and O–H groups in total. The molecule has 0 saturated carbocycles. The molecule has 0 aromatic heterocycles. The molecule has 1 fully saturated rings. The van der Waals surface area contributed by atoms with E-state index in [1.807, 2.05) is 37.3 Å². The van der Waals surface area contributed by atoms with Crippen LogP contribution in [0.3, 0.4) is 0 Å². The van der Waals surface area contributed by atoms with Gasteiger partial charge in [-0.25, -0.2) is 0 Å². The SMILES string of the molecule is [2H]C#C[C@@]1(C)O[C@@H]1COCc1ccccc1. The van der Waals surface area contributed by atoms with Crippen molar-refractivity contribution < 1.29 is 10.8 Å². The lowest BCUT2D eigenvalue weighted by molar-refractivity contribution is 0.104. The zero-order chi connectivity index (χ0) is 11.4. The summed E-state index contributed by atoms with van der Waals surface area (Å²) in [5.74, 6) is 2.71. The minimum atomic E-state index is -0.460. The summed E-state index contributed by atoms with van der Waals surface area (Å²) in [4.78, 5) is 0. The molecule has 0 unspecified atom stereocenters. The molecule has 0 bridgehead atoms. The first kappa shape index (κ1) is 8.96. The predicted octanol–water partition coefficient (Wildman–Crippen LogP) is 1.99. The molecule has 1 heterocycles. The first-order chi connectivity index (χ1) is 7.74. The number of epoxide rings is 1. The first-order valence-electron chi connectivity index (χ1n) is 5.48. The smallest absolute Gasteiger partial charge is 0.154 e. The number of hydrogen-bond donors (Lipinski definition) is 0. The van der Waals surface area contributed by atoms with Crippen molar-refractivity contribution in [3.8, 4) is 12.3 Å². The van der Waals surface area contributed by atoms with Crippen molar-refractivity contribution in [3.63, 3.8) is 0 Å². The third kappa shape index (κ3) is 2.38. The topological polar surface area (TPSA) is 21.8 Å². The second kappa shape index (κ2) is 4.06. The number of rotatable bonds is 4. The van der Waals surface area contributed by atoms with Gasteiger partial charge in [-0.1, -0.05) is 36.3 Å². The zero-order valence-electron chi connectivity index (χ0n) is 9.69. The molecule has 1 aliphatic rings. The van der Waals surface area contributed by atoms with Gasteiger partial charge in [-0.3, -0.25) is 0 Å². The minimum Gasteiger partial charge on any atom is -0.374 e. The monoisotopic (exact) mass is 203 g/mol. The van der Waals surface area contributed by atoms with E-state index in [0.29, 0.717) is 13.2 Å². The van der Waals surface area contributed by atoms with Gasteiger partial charge in [0.15, 0.2) is 5.60 Å². The van der Waals surface area contributed by atoms with E-state index in [1.54, 1.807) is 0 Å². The van der Waals surface area contributed by atoms with Gasteiger partial charge in [-0.2, -0.15) is 0 Å². The van der Waals surface area contributed by atoms with Crippen LogP contribution < -0.4 is 0 Å². The lowest BCUT2D eigenvalue weighted by atomic mass is 10.1. The molecule has 0 spiro atoms. The molecule has 2 nitrogen and oxygen atoms in total. The number of ether oxygens (including phenoxy) is 2. The fraction of sp³-hybridized carbons (Fsp3) is 0.385. The molecular weight excluding hydrogens is 188 g/mol. The zero-order valence-corrected chi connectivity index (χ0v) is 8.69. The Morgan fingerprint density at radius 2 is 2.40 bits per heavy atom. The molecule has 2 heteroatoms. The van der Waals surface area contributed by atoms with E-state index in [4.69, 9.17) is 10.8 Å². The van der Waals surface area contributed by atoms with Gasteiger partial charge in [0.25, 0.3) is 0 Å². The first-order valence-corrected chi connectivity index (χ1v) is 4.98. The van der Waals surface area contributed by atoms with Crippen LogP contribution in [0.1, 0.15) is 13.9 Å². The minimum absolute atomic E-state index is 0.00839. The molecular formula is C13H14O2. The van der Waals surface area contributed by atoms with Crippen molar-refractivity contribution in [1.29, 1.82) is 0 Å². The average Bonchev–Trinajstić information content (AvgIpc) is 2.91. The van der Waals surface area contributed by atoms with Crippen LogP contribution in [0, 0.1) is 12.3 Å². The summed E-state index contributed by atoms with van der Waals surface area (Å²) in [5.41, 5.74) is 0.690. The largest absolute Gasteiger partial charge is 0.374 e. The third-order valence-electron chi connectivity index (χ3n) is 2.57. The molecule has 1 aromatic rings. The summed E-state index contributed by atoms with van der Waals surface area (Å²) in [5, 5.41) is 0. The summed E-state index contributed by atoms with van der Waals surface area (Å²) in [6.45, 7) is 3.00. The summed E-state index contributed by atoms with van der Waals surface area (Å²) in [7, 11) is 0. The Balaban J connectivity index is 1.72. The summed E-state index contributed by atoms with van der Waals surface area (Å²) in [6, 6.07) is 10.0. The third-order valence-corrected chi connectivity index (χ3v) is 2.57. The van der Waals surface area contributed by atoms with Gasteiger partial charge in [-0.15, -0.1) is 6.40 Å². The second-order valence-corrected chi connectivity index (χ2v) is 3.84. The average molecular weight is 203 g/mol. The highest BCUT2D eigenvalue weighted by Crippen LogP contribution is 2.35. The van der Waals surface area contributed by atoms with Crippen LogP contribution in [-0.4, -0.2) is 18.3 Å². The van der Waals surface area contributed by atoms with Crippen molar-refractivity contribution >= 4 is 0 Å². The maximum Gasteiger partial charge on any atom is 0.154 e. The van der Waals surface area contributed by atoms with Crippen LogP contribution in [0.4, 0.5) is 0 Å². The van der Waals surface area contributed by atoms with Gasteiger partial charge >= 0.3 is 0 Å². The Hall–Kier alpha value is -1.30. The van der Waals surface area contributed by atoms with Crippen molar-refractivity contribution in [3.05, 3.63) is 35.9 Å². The van der Waals surface area contributed by atoms with Crippen molar-refractivity contribution in [2.45, 2.75) is 25.2 Å². The van der Waals surface area contributed by atoms with Gasteiger partial charge < -0.3 is 9.47 Å². The molecule has 0 aliphatic carbocycles. The summed E-state index contributed by atoms with van der Waals surface area (Å²) < 4.78 is 17.7. The molecule has 1 saturated heterocycles. The highest BCUT2D eigenvalue weighted by Gasteiger charge is 2.51. The van der Waals surface area contributed by atoms with E-state index in [-0.39, 0.29) is 6.10 Å². The quantitative estimate of drug-likeness (QED) is 0.551.